The molecule has 0 fully saturated rings. The Bertz CT molecular complexity index is 388. The third-order valence-corrected chi connectivity index (χ3v) is 1.94. The van der Waals surface area contributed by atoms with Crippen molar-refractivity contribution in [3.8, 4) is 5.88 Å². The van der Waals surface area contributed by atoms with Crippen molar-refractivity contribution in [3.05, 3.63) is 22.9 Å². The molecule has 0 unspecified atom stereocenters. The Morgan fingerprint density at radius 1 is 1.31 bits per heavy atom. The second-order valence-corrected chi connectivity index (χ2v) is 3.02. The minimum atomic E-state index is -4.70. The minimum Gasteiger partial charge on any atom is -0.481 e. The first-order valence-electron chi connectivity index (χ1n) is 4.18. The Morgan fingerprint density at radius 2 is 1.88 bits per heavy atom. The number of alkyl halides is 5. The highest BCUT2D eigenvalue weighted by molar-refractivity contribution is 5.36. The Morgan fingerprint density at radius 3 is 2.25 bits per heavy atom. The number of pyridine rings is 1. The molecule has 0 aromatic carbocycles. The summed E-state index contributed by atoms with van der Waals surface area (Å²) in [4.78, 5) is 3.36. The van der Waals surface area contributed by atoms with Crippen LogP contribution in [0.2, 0.25) is 0 Å². The third kappa shape index (κ3) is 2.40. The van der Waals surface area contributed by atoms with Crippen molar-refractivity contribution >= 4 is 0 Å². The number of ether oxygens (including phenoxy) is 1. The standard InChI is InChI=1S/C9H8F5NO/c1-4-6(9(12,13)14)3-5(7(10)11)8(15-4)16-2/h3,7H,1-2H3. The number of rotatable bonds is 2. The lowest BCUT2D eigenvalue weighted by Gasteiger charge is -2.13. The van der Waals surface area contributed by atoms with Gasteiger partial charge in [0.05, 0.1) is 23.9 Å². The summed E-state index contributed by atoms with van der Waals surface area (Å²) in [5.74, 6) is -0.486. The number of hydrogen-bond acceptors (Lipinski definition) is 2. The van der Waals surface area contributed by atoms with Crippen LogP contribution in [-0.2, 0) is 6.18 Å². The second-order valence-electron chi connectivity index (χ2n) is 3.02. The van der Waals surface area contributed by atoms with Gasteiger partial charge in [0.1, 0.15) is 0 Å². The quantitative estimate of drug-likeness (QED) is 0.740. The maximum atomic E-state index is 12.4. The molecule has 0 saturated carbocycles. The Labute approximate surface area is 88.1 Å². The number of aromatic nitrogens is 1. The fraction of sp³-hybridized carbons (Fsp3) is 0.444. The lowest BCUT2D eigenvalue weighted by molar-refractivity contribution is -0.138. The van der Waals surface area contributed by atoms with E-state index in [-0.39, 0.29) is 0 Å². The van der Waals surface area contributed by atoms with Crippen molar-refractivity contribution in [3.63, 3.8) is 0 Å². The summed E-state index contributed by atoms with van der Waals surface area (Å²) < 4.78 is 66.6. The van der Waals surface area contributed by atoms with E-state index < -0.39 is 35.3 Å². The molecule has 0 radical (unpaired) electrons. The molecule has 16 heavy (non-hydrogen) atoms. The maximum absolute atomic E-state index is 12.4. The van der Waals surface area contributed by atoms with E-state index in [1.807, 2.05) is 0 Å². The van der Waals surface area contributed by atoms with E-state index in [4.69, 9.17) is 0 Å². The topological polar surface area (TPSA) is 22.1 Å². The van der Waals surface area contributed by atoms with Crippen LogP contribution in [0, 0.1) is 6.92 Å². The Balaban J connectivity index is 3.39. The van der Waals surface area contributed by atoms with Crippen molar-refractivity contribution in [1.82, 2.24) is 4.98 Å². The third-order valence-electron chi connectivity index (χ3n) is 1.94. The van der Waals surface area contributed by atoms with Crippen LogP contribution >= 0.6 is 0 Å². The van der Waals surface area contributed by atoms with E-state index in [1.54, 1.807) is 0 Å². The summed E-state index contributed by atoms with van der Waals surface area (Å²) in [6, 6.07) is 0.367. The molecule has 7 heteroatoms. The predicted octanol–water partition coefficient (Wildman–Crippen LogP) is 3.36. The molecular weight excluding hydrogens is 233 g/mol. The molecule has 0 aliphatic rings. The van der Waals surface area contributed by atoms with Gasteiger partial charge in [-0.25, -0.2) is 13.8 Å². The van der Waals surface area contributed by atoms with Gasteiger partial charge < -0.3 is 4.74 Å². The normalized spacial score (nSPS) is 12.0. The van der Waals surface area contributed by atoms with Gasteiger partial charge in [-0.3, -0.25) is 0 Å². The van der Waals surface area contributed by atoms with Crippen molar-refractivity contribution < 1.29 is 26.7 Å². The molecule has 90 valence electrons. The number of aryl methyl sites for hydroxylation is 1. The van der Waals surface area contributed by atoms with E-state index in [0.29, 0.717) is 6.07 Å². The molecular formula is C9H8F5NO. The average Bonchev–Trinajstić information content (AvgIpc) is 2.14. The molecule has 1 heterocycles. The van der Waals surface area contributed by atoms with Crippen LogP contribution in [0.1, 0.15) is 23.2 Å². The molecule has 0 amide bonds. The highest BCUT2D eigenvalue weighted by Gasteiger charge is 2.35. The summed E-state index contributed by atoms with van der Waals surface area (Å²) in [6.07, 6.45) is -7.77. The van der Waals surface area contributed by atoms with Gasteiger partial charge in [0, 0.05) is 0 Å². The molecule has 0 bridgehead atoms. The predicted molar refractivity (Wildman–Crippen MR) is 45.5 cm³/mol. The molecule has 0 aliphatic heterocycles. The van der Waals surface area contributed by atoms with Gasteiger partial charge in [-0.05, 0) is 13.0 Å². The van der Waals surface area contributed by atoms with Crippen molar-refractivity contribution in [1.29, 1.82) is 0 Å². The van der Waals surface area contributed by atoms with E-state index in [9.17, 15) is 22.0 Å². The van der Waals surface area contributed by atoms with Gasteiger partial charge in [0.25, 0.3) is 6.43 Å². The average molecular weight is 241 g/mol. The number of halogens is 5. The summed E-state index contributed by atoms with van der Waals surface area (Å²) in [5, 5.41) is 0. The van der Waals surface area contributed by atoms with Crippen molar-refractivity contribution in [2.24, 2.45) is 0 Å². The van der Waals surface area contributed by atoms with Crippen LogP contribution in [0.25, 0.3) is 0 Å². The first-order valence-corrected chi connectivity index (χ1v) is 4.18. The monoisotopic (exact) mass is 241 g/mol. The largest absolute Gasteiger partial charge is 0.481 e. The SMILES string of the molecule is COc1nc(C)c(C(F)(F)F)cc1C(F)F. The molecule has 1 rings (SSSR count). The summed E-state index contributed by atoms with van der Waals surface area (Å²) in [7, 11) is 1.07. The van der Waals surface area contributed by atoms with Crippen LogP contribution in [0.5, 0.6) is 5.88 Å². The summed E-state index contributed by atoms with van der Waals surface area (Å²) in [6.45, 7) is 1.08. The molecule has 0 N–H and O–H groups in total. The molecule has 0 spiro atoms. The Hall–Kier alpha value is -1.40. The maximum Gasteiger partial charge on any atom is 0.418 e. The van der Waals surface area contributed by atoms with Crippen molar-refractivity contribution in [2.45, 2.75) is 19.5 Å². The fourth-order valence-electron chi connectivity index (χ4n) is 1.21. The Kier molecular flexibility index (Phi) is 3.35. The van der Waals surface area contributed by atoms with Crippen LogP contribution < -0.4 is 4.74 Å². The smallest absolute Gasteiger partial charge is 0.418 e. The van der Waals surface area contributed by atoms with Gasteiger partial charge in [-0.15, -0.1) is 0 Å². The molecule has 2 nitrogen and oxygen atoms in total. The minimum absolute atomic E-state index is 0.367. The highest BCUT2D eigenvalue weighted by atomic mass is 19.4. The van der Waals surface area contributed by atoms with E-state index in [0.717, 1.165) is 14.0 Å². The summed E-state index contributed by atoms with van der Waals surface area (Å²) in [5.41, 5.74) is -2.43. The first-order chi connectivity index (χ1) is 7.27. The van der Waals surface area contributed by atoms with Gasteiger partial charge in [-0.2, -0.15) is 13.2 Å². The van der Waals surface area contributed by atoms with E-state index in [1.165, 1.54) is 0 Å². The molecule has 0 saturated heterocycles. The van der Waals surface area contributed by atoms with Gasteiger partial charge in [0.15, 0.2) is 0 Å². The van der Waals surface area contributed by atoms with Gasteiger partial charge in [-0.1, -0.05) is 0 Å². The van der Waals surface area contributed by atoms with Crippen LogP contribution in [0.3, 0.4) is 0 Å². The van der Waals surface area contributed by atoms with Crippen LogP contribution in [0.4, 0.5) is 22.0 Å². The fourth-order valence-corrected chi connectivity index (χ4v) is 1.21. The zero-order chi connectivity index (χ0) is 12.5. The zero-order valence-corrected chi connectivity index (χ0v) is 8.40. The van der Waals surface area contributed by atoms with Gasteiger partial charge >= 0.3 is 6.18 Å². The number of hydrogen-bond donors (Lipinski definition) is 0. The lowest BCUT2D eigenvalue weighted by Crippen LogP contribution is -2.11. The van der Waals surface area contributed by atoms with Crippen molar-refractivity contribution in [2.75, 3.05) is 7.11 Å². The highest BCUT2D eigenvalue weighted by Crippen LogP contribution is 2.36. The molecule has 0 atom stereocenters. The molecule has 1 aromatic heterocycles. The number of methoxy groups -OCH3 is 1. The summed E-state index contributed by atoms with van der Waals surface area (Å²) >= 11 is 0. The number of nitrogens with zero attached hydrogens (tertiary/aromatic N) is 1. The first kappa shape index (κ1) is 12.7. The van der Waals surface area contributed by atoms with E-state index >= 15 is 0 Å². The second kappa shape index (κ2) is 4.23. The van der Waals surface area contributed by atoms with Crippen LogP contribution in [-0.4, -0.2) is 12.1 Å². The molecule has 0 aliphatic carbocycles. The lowest BCUT2D eigenvalue weighted by atomic mass is 10.1. The van der Waals surface area contributed by atoms with Gasteiger partial charge in [0.2, 0.25) is 5.88 Å². The van der Waals surface area contributed by atoms with E-state index in [2.05, 4.69) is 9.72 Å². The van der Waals surface area contributed by atoms with Crippen LogP contribution in [0.15, 0.2) is 6.07 Å². The molecule has 1 aromatic rings. The zero-order valence-electron chi connectivity index (χ0n) is 8.40.